The number of rotatable bonds is 4. The van der Waals surface area contributed by atoms with Crippen molar-refractivity contribution in [3.8, 4) is 16.8 Å². The fourth-order valence-corrected chi connectivity index (χ4v) is 2.95. The van der Waals surface area contributed by atoms with Crippen LogP contribution in [0.2, 0.25) is 0 Å². The predicted molar refractivity (Wildman–Crippen MR) is 90.4 cm³/mol. The standard InChI is InChI=1S/C18H18N4O2/c1-4-16-19-20-21-22(16)17-11(2)14(13-8-6-5-7-9-13)10-15(12(17)3)18(23)24/h5-10H,4H2,1-3H3,(H,23,24). The molecule has 1 heterocycles. The number of aromatic carboxylic acids is 1. The zero-order valence-electron chi connectivity index (χ0n) is 13.8. The van der Waals surface area contributed by atoms with Gasteiger partial charge in [-0.15, -0.1) is 5.10 Å². The van der Waals surface area contributed by atoms with E-state index in [0.717, 1.165) is 22.4 Å². The van der Waals surface area contributed by atoms with Crippen LogP contribution in [0.5, 0.6) is 0 Å². The van der Waals surface area contributed by atoms with Crippen LogP contribution in [-0.4, -0.2) is 31.3 Å². The summed E-state index contributed by atoms with van der Waals surface area (Å²) in [5, 5.41) is 21.5. The van der Waals surface area contributed by atoms with Crippen molar-refractivity contribution in [1.29, 1.82) is 0 Å². The molecule has 6 nitrogen and oxygen atoms in total. The molecule has 3 aromatic rings. The van der Waals surface area contributed by atoms with Crippen LogP contribution in [0, 0.1) is 13.8 Å². The highest BCUT2D eigenvalue weighted by molar-refractivity contribution is 5.93. The number of tetrazole rings is 1. The van der Waals surface area contributed by atoms with Gasteiger partial charge < -0.3 is 5.11 Å². The lowest BCUT2D eigenvalue weighted by Crippen LogP contribution is -2.11. The van der Waals surface area contributed by atoms with Gasteiger partial charge in [0.1, 0.15) is 0 Å². The van der Waals surface area contributed by atoms with Crippen LogP contribution in [0.25, 0.3) is 16.8 Å². The van der Waals surface area contributed by atoms with Gasteiger partial charge in [0.25, 0.3) is 0 Å². The third kappa shape index (κ3) is 2.56. The van der Waals surface area contributed by atoms with Crippen molar-refractivity contribution in [2.75, 3.05) is 0 Å². The van der Waals surface area contributed by atoms with Gasteiger partial charge in [0.15, 0.2) is 5.82 Å². The highest BCUT2D eigenvalue weighted by atomic mass is 16.4. The second-order valence-electron chi connectivity index (χ2n) is 5.60. The molecule has 6 heteroatoms. The number of hydrogen-bond acceptors (Lipinski definition) is 4. The van der Waals surface area contributed by atoms with Gasteiger partial charge in [-0.2, -0.15) is 4.68 Å². The normalized spacial score (nSPS) is 10.8. The molecule has 0 aliphatic heterocycles. The van der Waals surface area contributed by atoms with Gasteiger partial charge in [-0.3, -0.25) is 0 Å². The summed E-state index contributed by atoms with van der Waals surface area (Å²) in [6.45, 7) is 5.73. The van der Waals surface area contributed by atoms with Gasteiger partial charge >= 0.3 is 5.97 Å². The maximum absolute atomic E-state index is 11.7. The summed E-state index contributed by atoms with van der Waals surface area (Å²) in [6, 6.07) is 11.5. The van der Waals surface area contributed by atoms with Crippen LogP contribution in [-0.2, 0) is 6.42 Å². The Bertz CT molecular complexity index is 901. The summed E-state index contributed by atoms with van der Waals surface area (Å²) in [5.41, 5.74) is 4.42. The number of aromatic nitrogens is 4. The highest BCUT2D eigenvalue weighted by Gasteiger charge is 2.21. The van der Waals surface area contributed by atoms with Crippen LogP contribution < -0.4 is 0 Å². The topological polar surface area (TPSA) is 80.9 Å². The van der Waals surface area contributed by atoms with Gasteiger partial charge in [-0.1, -0.05) is 37.3 Å². The lowest BCUT2D eigenvalue weighted by atomic mass is 9.92. The van der Waals surface area contributed by atoms with Crippen LogP contribution >= 0.6 is 0 Å². The average Bonchev–Trinajstić information content (AvgIpc) is 3.04. The van der Waals surface area contributed by atoms with Gasteiger partial charge in [0.05, 0.1) is 11.3 Å². The van der Waals surface area contributed by atoms with E-state index in [0.29, 0.717) is 17.8 Å². The first kappa shape index (κ1) is 15.9. The number of carboxylic acids is 1. The van der Waals surface area contributed by atoms with E-state index >= 15 is 0 Å². The Morgan fingerprint density at radius 1 is 1.17 bits per heavy atom. The average molecular weight is 322 g/mol. The molecule has 24 heavy (non-hydrogen) atoms. The van der Waals surface area contributed by atoms with Gasteiger partial charge in [0, 0.05) is 6.42 Å². The summed E-state index contributed by atoms with van der Waals surface area (Å²) in [6.07, 6.45) is 0.657. The number of carboxylic acid groups (broad SMARTS) is 1. The number of carbonyl (C=O) groups is 1. The van der Waals surface area contributed by atoms with E-state index in [1.54, 1.807) is 17.7 Å². The van der Waals surface area contributed by atoms with Gasteiger partial charge in [-0.25, -0.2) is 4.79 Å². The number of benzene rings is 2. The number of hydrogen-bond donors (Lipinski definition) is 1. The van der Waals surface area contributed by atoms with Crippen molar-refractivity contribution < 1.29 is 9.90 Å². The maximum atomic E-state index is 11.7. The molecule has 1 N–H and O–H groups in total. The van der Waals surface area contributed by atoms with Crippen LogP contribution in [0.3, 0.4) is 0 Å². The van der Waals surface area contributed by atoms with Crippen molar-refractivity contribution in [2.24, 2.45) is 0 Å². The van der Waals surface area contributed by atoms with Crippen LogP contribution in [0.4, 0.5) is 0 Å². The fraction of sp³-hybridized carbons (Fsp3) is 0.222. The summed E-state index contributed by atoms with van der Waals surface area (Å²) < 4.78 is 1.64. The summed E-state index contributed by atoms with van der Waals surface area (Å²) >= 11 is 0. The predicted octanol–water partition coefficient (Wildman–Crippen LogP) is 3.21. The number of aryl methyl sites for hydroxylation is 1. The quantitative estimate of drug-likeness (QED) is 0.797. The maximum Gasteiger partial charge on any atom is 0.336 e. The molecule has 0 aliphatic carbocycles. The molecule has 0 aliphatic rings. The van der Waals surface area contributed by atoms with Crippen molar-refractivity contribution in [3.63, 3.8) is 0 Å². The van der Waals surface area contributed by atoms with Crippen LogP contribution in [0.1, 0.15) is 34.2 Å². The molecule has 122 valence electrons. The van der Waals surface area contributed by atoms with E-state index < -0.39 is 5.97 Å². The summed E-state index contributed by atoms with van der Waals surface area (Å²) in [4.78, 5) is 11.7. The monoisotopic (exact) mass is 322 g/mol. The minimum atomic E-state index is -0.961. The van der Waals surface area contributed by atoms with Crippen LogP contribution in [0.15, 0.2) is 36.4 Å². The molecule has 2 aromatic carbocycles. The minimum absolute atomic E-state index is 0.256. The van der Waals surface area contributed by atoms with Gasteiger partial charge in [-0.05, 0) is 52.6 Å². The molecular weight excluding hydrogens is 304 g/mol. The third-order valence-corrected chi connectivity index (χ3v) is 4.18. The minimum Gasteiger partial charge on any atom is -0.478 e. The molecule has 0 radical (unpaired) electrons. The Balaban J connectivity index is 2.36. The number of nitrogens with zero attached hydrogens (tertiary/aromatic N) is 4. The molecule has 1 aromatic heterocycles. The molecule has 3 rings (SSSR count). The first-order valence-electron chi connectivity index (χ1n) is 7.75. The zero-order chi connectivity index (χ0) is 17.3. The summed E-state index contributed by atoms with van der Waals surface area (Å²) in [7, 11) is 0. The van der Waals surface area contributed by atoms with E-state index in [2.05, 4.69) is 15.5 Å². The Labute approximate surface area is 139 Å². The van der Waals surface area contributed by atoms with E-state index in [1.165, 1.54) is 0 Å². The molecule has 0 amide bonds. The molecule has 0 spiro atoms. The molecule has 0 unspecified atom stereocenters. The van der Waals surface area contributed by atoms with E-state index in [1.807, 2.05) is 44.2 Å². The SMILES string of the molecule is CCc1nnnn1-c1c(C)c(C(=O)O)cc(-c2ccccc2)c1C. The van der Waals surface area contributed by atoms with E-state index in [-0.39, 0.29) is 5.56 Å². The smallest absolute Gasteiger partial charge is 0.336 e. The Hall–Kier alpha value is -3.02. The Morgan fingerprint density at radius 3 is 2.50 bits per heavy atom. The van der Waals surface area contributed by atoms with E-state index in [4.69, 9.17) is 0 Å². The lowest BCUT2D eigenvalue weighted by Gasteiger charge is -2.17. The Kier molecular flexibility index (Phi) is 4.12. The third-order valence-electron chi connectivity index (χ3n) is 4.18. The highest BCUT2D eigenvalue weighted by Crippen LogP contribution is 2.32. The zero-order valence-corrected chi connectivity index (χ0v) is 13.8. The molecule has 0 fully saturated rings. The van der Waals surface area contributed by atoms with Crippen molar-refractivity contribution in [1.82, 2.24) is 20.2 Å². The molecule has 0 saturated carbocycles. The largest absolute Gasteiger partial charge is 0.478 e. The first-order valence-corrected chi connectivity index (χ1v) is 7.75. The second kappa shape index (κ2) is 6.23. The Morgan fingerprint density at radius 2 is 1.88 bits per heavy atom. The second-order valence-corrected chi connectivity index (χ2v) is 5.60. The van der Waals surface area contributed by atoms with E-state index in [9.17, 15) is 9.90 Å². The first-order chi connectivity index (χ1) is 11.5. The molecule has 0 bridgehead atoms. The van der Waals surface area contributed by atoms with Gasteiger partial charge in [0.2, 0.25) is 0 Å². The fourth-order valence-electron chi connectivity index (χ4n) is 2.95. The van der Waals surface area contributed by atoms with Crippen molar-refractivity contribution in [3.05, 3.63) is 58.9 Å². The lowest BCUT2D eigenvalue weighted by molar-refractivity contribution is 0.0696. The molecule has 0 atom stereocenters. The summed E-state index contributed by atoms with van der Waals surface area (Å²) in [5.74, 6) is -0.264. The van der Waals surface area contributed by atoms with Crippen molar-refractivity contribution >= 4 is 5.97 Å². The molecular formula is C18H18N4O2. The van der Waals surface area contributed by atoms with Crippen molar-refractivity contribution in [2.45, 2.75) is 27.2 Å². The molecule has 0 saturated heterocycles.